The molecule has 0 unspecified atom stereocenters. The lowest BCUT2D eigenvalue weighted by molar-refractivity contribution is -0.111. The Morgan fingerprint density at radius 1 is 1.86 bits per heavy atom. The van der Waals surface area contributed by atoms with Crippen LogP contribution in [0.3, 0.4) is 0 Å². The maximum absolute atomic E-state index is 9.49. The molecule has 0 amide bonds. The number of ether oxygens (including phenoxy) is 1. The summed E-state index contributed by atoms with van der Waals surface area (Å²) >= 11 is 0. The quantitative estimate of drug-likeness (QED) is 0.278. The van der Waals surface area contributed by atoms with Gasteiger partial charge in [0.1, 0.15) is 19.5 Å². The van der Waals surface area contributed by atoms with Crippen molar-refractivity contribution in [3.63, 3.8) is 0 Å². The fourth-order valence-corrected chi connectivity index (χ4v) is 0.166. The van der Waals surface area contributed by atoms with Crippen molar-refractivity contribution in [2.75, 3.05) is 13.2 Å². The van der Waals surface area contributed by atoms with Crippen LogP contribution in [-0.2, 0) is 9.53 Å². The molecule has 0 atom stereocenters. The number of rotatable bonds is 3. The fraction of sp³-hybridized carbons (Fsp3) is 0.400. The van der Waals surface area contributed by atoms with Gasteiger partial charge in [-0.2, -0.15) is 0 Å². The molecule has 0 saturated heterocycles. The molecule has 38 valence electrons. The van der Waals surface area contributed by atoms with Crippen molar-refractivity contribution in [3.05, 3.63) is 0 Å². The van der Waals surface area contributed by atoms with Crippen molar-refractivity contribution in [2.24, 2.45) is 0 Å². The minimum Gasteiger partial charge on any atom is -0.361 e. The van der Waals surface area contributed by atoms with E-state index in [1.807, 2.05) is 0 Å². The SMILES string of the molecule is C#CCOCC=O. The second-order valence-electron chi connectivity index (χ2n) is 0.886. The first-order valence-electron chi connectivity index (χ1n) is 1.86. The lowest BCUT2D eigenvalue weighted by atomic mass is 10.7. The van der Waals surface area contributed by atoms with Crippen molar-refractivity contribution < 1.29 is 9.53 Å². The van der Waals surface area contributed by atoms with Crippen LogP contribution in [0.4, 0.5) is 0 Å². The number of hydrogen-bond acceptors (Lipinski definition) is 2. The van der Waals surface area contributed by atoms with Gasteiger partial charge >= 0.3 is 0 Å². The Balaban J connectivity index is 2.72. The van der Waals surface area contributed by atoms with Crippen molar-refractivity contribution in [3.8, 4) is 12.3 Å². The monoisotopic (exact) mass is 98.0 g/mol. The second-order valence-corrected chi connectivity index (χ2v) is 0.886. The van der Waals surface area contributed by atoms with E-state index in [2.05, 4.69) is 10.7 Å². The molecular formula is C5H6O2. The van der Waals surface area contributed by atoms with Crippen LogP contribution in [0.2, 0.25) is 0 Å². The molecule has 0 saturated carbocycles. The van der Waals surface area contributed by atoms with Crippen LogP contribution >= 0.6 is 0 Å². The number of carbonyl (C=O) groups is 1. The normalized spacial score (nSPS) is 7.29. The van der Waals surface area contributed by atoms with Gasteiger partial charge in [0.15, 0.2) is 0 Å². The highest BCUT2D eigenvalue weighted by molar-refractivity contribution is 5.50. The van der Waals surface area contributed by atoms with E-state index in [-0.39, 0.29) is 13.2 Å². The van der Waals surface area contributed by atoms with E-state index in [1.54, 1.807) is 0 Å². The molecule has 0 aliphatic carbocycles. The first kappa shape index (κ1) is 6.19. The molecule has 0 fully saturated rings. The molecule has 0 rings (SSSR count). The summed E-state index contributed by atoms with van der Waals surface area (Å²) in [6.07, 6.45) is 5.44. The smallest absolute Gasteiger partial charge is 0.145 e. The molecular weight excluding hydrogens is 92.1 g/mol. The average molecular weight is 98.1 g/mol. The van der Waals surface area contributed by atoms with E-state index < -0.39 is 0 Å². The minimum atomic E-state index is 0.101. The van der Waals surface area contributed by atoms with Crippen LogP contribution in [0, 0.1) is 12.3 Å². The zero-order valence-electron chi connectivity index (χ0n) is 3.89. The van der Waals surface area contributed by atoms with Crippen molar-refractivity contribution >= 4 is 6.29 Å². The summed E-state index contributed by atoms with van der Waals surface area (Å²) in [6.45, 7) is 0.322. The predicted molar refractivity (Wildman–Crippen MR) is 25.7 cm³/mol. The third-order valence-corrected chi connectivity index (χ3v) is 0.371. The highest BCUT2D eigenvalue weighted by atomic mass is 16.5. The standard InChI is InChI=1S/C5H6O2/c1-2-4-7-5-3-6/h1,3H,4-5H2. The number of carbonyl (C=O) groups excluding carboxylic acids is 1. The Morgan fingerprint density at radius 3 is 3.00 bits per heavy atom. The summed E-state index contributed by atoms with van der Waals surface area (Å²) in [5, 5.41) is 0. The van der Waals surface area contributed by atoms with Crippen molar-refractivity contribution in [2.45, 2.75) is 0 Å². The van der Waals surface area contributed by atoms with Crippen LogP contribution in [0.25, 0.3) is 0 Å². The molecule has 2 nitrogen and oxygen atoms in total. The minimum absolute atomic E-state index is 0.101. The lowest BCUT2D eigenvalue weighted by Gasteiger charge is -1.85. The van der Waals surface area contributed by atoms with E-state index in [1.165, 1.54) is 0 Å². The van der Waals surface area contributed by atoms with Crippen molar-refractivity contribution in [1.82, 2.24) is 0 Å². The lowest BCUT2D eigenvalue weighted by Crippen LogP contribution is -1.93. The molecule has 0 aliphatic heterocycles. The number of hydrogen-bond donors (Lipinski definition) is 0. The zero-order chi connectivity index (χ0) is 5.54. The van der Waals surface area contributed by atoms with Gasteiger partial charge in [-0.25, -0.2) is 0 Å². The first-order chi connectivity index (χ1) is 3.41. The molecule has 0 aliphatic rings. The Morgan fingerprint density at radius 2 is 2.57 bits per heavy atom. The molecule has 0 heterocycles. The average Bonchev–Trinajstić information content (AvgIpc) is 1.69. The molecule has 2 heteroatoms. The summed E-state index contributed by atoms with van der Waals surface area (Å²) in [6, 6.07) is 0. The van der Waals surface area contributed by atoms with Crippen LogP contribution in [0.15, 0.2) is 0 Å². The van der Waals surface area contributed by atoms with Crippen LogP contribution < -0.4 is 0 Å². The molecule has 0 aromatic rings. The van der Waals surface area contributed by atoms with Crippen LogP contribution in [-0.4, -0.2) is 19.5 Å². The van der Waals surface area contributed by atoms with Gasteiger partial charge in [-0.1, -0.05) is 5.92 Å². The van der Waals surface area contributed by atoms with E-state index in [9.17, 15) is 4.79 Å². The topological polar surface area (TPSA) is 26.3 Å². The third kappa shape index (κ3) is 5.19. The Labute approximate surface area is 42.5 Å². The van der Waals surface area contributed by atoms with Gasteiger partial charge in [-0.3, -0.25) is 0 Å². The maximum Gasteiger partial charge on any atom is 0.145 e. The molecule has 0 N–H and O–H groups in total. The van der Waals surface area contributed by atoms with Crippen molar-refractivity contribution in [1.29, 1.82) is 0 Å². The summed E-state index contributed by atoms with van der Waals surface area (Å²) in [4.78, 5) is 9.49. The fourth-order valence-electron chi connectivity index (χ4n) is 0.166. The largest absolute Gasteiger partial charge is 0.361 e. The molecule has 0 radical (unpaired) electrons. The van der Waals surface area contributed by atoms with E-state index in [0.29, 0.717) is 6.29 Å². The zero-order valence-corrected chi connectivity index (χ0v) is 3.89. The van der Waals surface area contributed by atoms with E-state index in [0.717, 1.165) is 0 Å². The van der Waals surface area contributed by atoms with Gasteiger partial charge in [0.25, 0.3) is 0 Å². The highest BCUT2D eigenvalue weighted by Crippen LogP contribution is 1.63. The number of terminal acetylenes is 1. The van der Waals surface area contributed by atoms with Gasteiger partial charge in [-0.05, 0) is 0 Å². The van der Waals surface area contributed by atoms with Crippen LogP contribution in [0.5, 0.6) is 0 Å². The third-order valence-electron chi connectivity index (χ3n) is 0.371. The Hall–Kier alpha value is -0.810. The van der Waals surface area contributed by atoms with Gasteiger partial charge in [0.2, 0.25) is 0 Å². The molecule has 0 aromatic carbocycles. The van der Waals surface area contributed by atoms with Gasteiger partial charge < -0.3 is 9.53 Å². The highest BCUT2D eigenvalue weighted by Gasteiger charge is 1.74. The molecule has 0 aromatic heterocycles. The second kappa shape index (κ2) is 5.19. The maximum atomic E-state index is 9.49. The Kier molecular flexibility index (Phi) is 4.59. The number of aldehydes is 1. The van der Waals surface area contributed by atoms with E-state index >= 15 is 0 Å². The summed E-state index contributed by atoms with van der Waals surface area (Å²) in [5.74, 6) is 2.22. The predicted octanol–water partition coefficient (Wildman–Crippen LogP) is -0.165. The molecule has 0 spiro atoms. The van der Waals surface area contributed by atoms with E-state index in [4.69, 9.17) is 6.42 Å². The molecule has 0 bridgehead atoms. The van der Waals surface area contributed by atoms with Gasteiger partial charge in [-0.15, -0.1) is 6.42 Å². The van der Waals surface area contributed by atoms with Gasteiger partial charge in [0, 0.05) is 0 Å². The summed E-state index contributed by atoms with van der Waals surface area (Å²) in [5.41, 5.74) is 0. The van der Waals surface area contributed by atoms with Gasteiger partial charge in [0.05, 0.1) is 0 Å². The first-order valence-corrected chi connectivity index (χ1v) is 1.86. The summed E-state index contributed by atoms with van der Waals surface area (Å²) in [7, 11) is 0. The Bertz CT molecular complexity index is 80.6. The van der Waals surface area contributed by atoms with Crippen LogP contribution in [0.1, 0.15) is 0 Å². The molecule has 7 heavy (non-hydrogen) atoms. The summed E-state index contributed by atoms with van der Waals surface area (Å²) < 4.78 is 4.53.